The maximum atomic E-state index is 12.3. The van der Waals surface area contributed by atoms with Crippen LogP contribution < -0.4 is 26.4 Å². The molecule has 5 rings (SSSR count). The number of carbonyl (C=O) groups excluding carboxylic acids is 1. The van der Waals surface area contributed by atoms with Gasteiger partial charge >= 0.3 is 0 Å². The van der Waals surface area contributed by atoms with Gasteiger partial charge in [0, 0.05) is 48.3 Å². The Hall–Kier alpha value is -3.85. The van der Waals surface area contributed by atoms with Gasteiger partial charge in [-0.05, 0) is 50.1 Å². The van der Waals surface area contributed by atoms with Gasteiger partial charge in [0.05, 0.1) is 5.69 Å². The van der Waals surface area contributed by atoms with Crippen molar-refractivity contribution in [3.8, 4) is 0 Å². The molecule has 1 amide bonds. The Morgan fingerprint density at radius 3 is 2.64 bits per heavy atom. The van der Waals surface area contributed by atoms with Crippen molar-refractivity contribution in [1.29, 1.82) is 0 Å². The molecule has 0 spiro atoms. The molecular weight excluding hydrogens is 418 g/mol. The lowest BCUT2D eigenvalue weighted by molar-refractivity contribution is 0.0996. The molecule has 0 saturated carbocycles. The predicted molar refractivity (Wildman–Crippen MR) is 127 cm³/mol. The SMILES string of the molecule is CC1=CC(Nc2cc(Cc3ccc(NC(=O)c4ocnc4C)cc3)nc(N3CCC3)c2)NN1. The third kappa shape index (κ3) is 4.83. The first kappa shape index (κ1) is 21.0. The second-order valence-corrected chi connectivity index (χ2v) is 8.38. The van der Waals surface area contributed by atoms with E-state index < -0.39 is 0 Å². The highest BCUT2D eigenvalue weighted by Gasteiger charge is 2.19. The van der Waals surface area contributed by atoms with Crippen LogP contribution >= 0.6 is 0 Å². The van der Waals surface area contributed by atoms with Gasteiger partial charge in [-0.25, -0.2) is 15.4 Å². The number of aromatic nitrogens is 2. The standard InChI is InChI=1S/C24H27N7O2/c1-15-10-21(30-29-15)26-20-12-19(27-22(13-20)31-8-3-9-31)11-17-4-6-18(7-5-17)28-24(32)23-16(2)25-14-33-23/h4-7,10,12-14,21,29-30H,3,8-9,11H2,1-2H3,(H,26,27)(H,28,32). The lowest BCUT2D eigenvalue weighted by Gasteiger charge is -2.32. The van der Waals surface area contributed by atoms with E-state index in [1.54, 1.807) is 6.92 Å². The molecule has 0 aliphatic carbocycles. The van der Waals surface area contributed by atoms with Gasteiger partial charge < -0.3 is 25.4 Å². The first-order valence-electron chi connectivity index (χ1n) is 11.1. The van der Waals surface area contributed by atoms with E-state index in [2.05, 4.69) is 49.6 Å². The maximum Gasteiger partial charge on any atom is 0.293 e. The molecule has 0 radical (unpaired) electrons. The van der Waals surface area contributed by atoms with E-state index in [9.17, 15) is 4.79 Å². The van der Waals surface area contributed by atoms with Gasteiger partial charge in [0.15, 0.2) is 6.39 Å². The molecule has 0 bridgehead atoms. The summed E-state index contributed by atoms with van der Waals surface area (Å²) in [6, 6.07) is 12.0. The van der Waals surface area contributed by atoms with Crippen LogP contribution in [-0.4, -0.2) is 35.1 Å². The van der Waals surface area contributed by atoms with E-state index in [4.69, 9.17) is 9.40 Å². The number of benzene rings is 1. The summed E-state index contributed by atoms with van der Waals surface area (Å²) in [6.07, 6.45) is 5.30. The summed E-state index contributed by atoms with van der Waals surface area (Å²) >= 11 is 0. The van der Waals surface area contributed by atoms with Gasteiger partial charge in [-0.3, -0.25) is 4.79 Å². The smallest absolute Gasteiger partial charge is 0.293 e. The Morgan fingerprint density at radius 1 is 1.18 bits per heavy atom. The van der Waals surface area contributed by atoms with E-state index in [1.165, 1.54) is 12.8 Å². The fourth-order valence-corrected chi connectivity index (χ4v) is 3.86. The number of nitrogens with zero attached hydrogens (tertiary/aromatic N) is 3. The van der Waals surface area contributed by atoms with Crippen LogP contribution in [0.15, 0.2) is 59.0 Å². The van der Waals surface area contributed by atoms with Crippen LogP contribution in [-0.2, 0) is 6.42 Å². The van der Waals surface area contributed by atoms with Crippen LogP contribution in [0.5, 0.6) is 0 Å². The summed E-state index contributed by atoms with van der Waals surface area (Å²) in [6.45, 7) is 5.84. The number of oxazole rings is 1. The zero-order valence-corrected chi connectivity index (χ0v) is 18.7. The average molecular weight is 446 g/mol. The highest BCUT2D eigenvalue weighted by atomic mass is 16.3. The van der Waals surface area contributed by atoms with Gasteiger partial charge in [0.1, 0.15) is 12.0 Å². The molecule has 3 aromatic rings. The van der Waals surface area contributed by atoms with Crippen LogP contribution in [0.3, 0.4) is 0 Å². The number of amides is 1. The van der Waals surface area contributed by atoms with E-state index in [-0.39, 0.29) is 17.8 Å². The molecule has 9 nitrogen and oxygen atoms in total. The quantitative estimate of drug-likeness (QED) is 0.439. The van der Waals surface area contributed by atoms with Crippen molar-refractivity contribution in [3.05, 3.63) is 77.3 Å². The molecule has 2 aromatic heterocycles. The summed E-state index contributed by atoms with van der Waals surface area (Å²) in [4.78, 5) is 23.5. The summed E-state index contributed by atoms with van der Waals surface area (Å²) in [5.41, 5.74) is 11.8. The lowest BCUT2D eigenvalue weighted by Crippen LogP contribution is -2.38. The van der Waals surface area contributed by atoms with E-state index >= 15 is 0 Å². The van der Waals surface area contributed by atoms with Gasteiger partial charge in [-0.1, -0.05) is 12.1 Å². The first-order valence-corrected chi connectivity index (χ1v) is 11.1. The molecule has 2 aliphatic heterocycles. The Bertz CT molecular complexity index is 1180. The molecule has 1 atom stereocenters. The predicted octanol–water partition coefficient (Wildman–Crippen LogP) is 3.18. The van der Waals surface area contributed by atoms with Crippen molar-refractivity contribution in [2.24, 2.45) is 0 Å². The van der Waals surface area contributed by atoms with E-state index in [0.717, 1.165) is 41.5 Å². The van der Waals surface area contributed by atoms with Crippen molar-refractivity contribution in [1.82, 2.24) is 20.8 Å². The van der Waals surface area contributed by atoms with Crippen LogP contribution in [0.2, 0.25) is 0 Å². The molecule has 33 heavy (non-hydrogen) atoms. The maximum absolute atomic E-state index is 12.3. The number of hydrogen-bond acceptors (Lipinski definition) is 8. The number of pyridine rings is 1. The number of nitrogens with one attached hydrogen (secondary N) is 4. The fourth-order valence-electron chi connectivity index (χ4n) is 3.86. The van der Waals surface area contributed by atoms with Crippen molar-refractivity contribution in [2.45, 2.75) is 32.9 Å². The zero-order chi connectivity index (χ0) is 22.8. The molecule has 1 aromatic carbocycles. The van der Waals surface area contributed by atoms with Crippen molar-refractivity contribution in [3.63, 3.8) is 0 Å². The minimum absolute atomic E-state index is 0.0281. The lowest BCUT2D eigenvalue weighted by atomic mass is 10.1. The van der Waals surface area contributed by atoms with Gasteiger partial charge in [0.25, 0.3) is 5.91 Å². The number of aryl methyl sites for hydroxylation is 1. The highest BCUT2D eigenvalue weighted by Crippen LogP contribution is 2.25. The molecular formula is C24H27N7O2. The van der Waals surface area contributed by atoms with Crippen LogP contribution in [0.4, 0.5) is 17.2 Å². The Kier molecular flexibility index (Phi) is 5.70. The number of allylic oxidation sites excluding steroid dienone is 1. The molecule has 1 saturated heterocycles. The zero-order valence-electron chi connectivity index (χ0n) is 18.7. The summed E-state index contributed by atoms with van der Waals surface area (Å²) in [7, 11) is 0. The second-order valence-electron chi connectivity index (χ2n) is 8.38. The summed E-state index contributed by atoms with van der Waals surface area (Å²) in [5.74, 6) is 0.916. The normalized spacial score (nSPS) is 17.2. The molecule has 2 aliphatic rings. The third-order valence-electron chi connectivity index (χ3n) is 5.76. The number of hydrazine groups is 1. The Labute approximate surface area is 192 Å². The molecule has 4 N–H and O–H groups in total. The first-order chi connectivity index (χ1) is 16.0. The number of hydrogen-bond donors (Lipinski definition) is 4. The molecule has 1 fully saturated rings. The van der Waals surface area contributed by atoms with Gasteiger partial charge in [-0.2, -0.15) is 0 Å². The molecule has 1 unspecified atom stereocenters. The van der Waals surface area contributed by atoms with Crippen LogP contribution in [0.25, 0.3) is 0 Å². The monoisotopic (exact) mass is 445 g/mol. The van der Waals surface area contributed by atoms with Crippen LogP contribution in [0.1, 0.15) is 40.9 Å². The van der Waals surface area contributed by atoms with Crippen molar-refractivity contribution < 1.29 is 9.21 Å². The van der Waals surface area contributed by atoms with Gasteiger partial charge in [-0.15, -0.1) is 0 Å². The highest BCUT2D eigenvalue weighted by molar-refractivity contribution is 6.02. The van der Waals surface area contributed by atoms with E-state index in [0.29, 0.717) is 17.8 Å². The van der Waals surface area contributed by atoms with Crippen molar-refractivity contribution >= 4 is 23.1 Å². The topological polar surface area (TPSA) is 107 Å². The number of rotatable bonds is 7. The Morgan fingerprint density at radius 2 is 2.00 bits per heavy atom. The number of anilines is 3. The largest absolute Gasteiger partial charge is 0.438 e. The molecule has 170 valence electrons. The molecule has 9 heteroatoms. The minimum Gasteiger partial charge on any atom is -0.438 e. The Balaban J connectivity index is 1.30. The third-order valence-corrected chi connectivity index (χ3v) is 5.76. The second kappa shape index (κ2) is 8.95. The summed E-state index contributed by atoms with van der Waals surface area (Å²) in [5, 5.41) is 6.36. The average Bonchev–Trinajstić information content (AvgIpc) is 3.36. The fraction of sp³-hybridized carbons (Fsp3) is 0.292. The number of carbonyl (C=O) groups is 1. The molecule has 4 heterocycles. The summed E-state index contributed by atoms with van der Waals surface area (Å²) < 4.78 is 5.16. The van der Waals surface area contributed by atoms with Gasteiger partial charge in [0.2, 0.25) is 5.76 Å². The van der Waals surface area contributed by atoms with Crippen LogP contribution in [0, 0.1) is 6.92 Å². The van der Waals surface area contributed by atoms with Crippen molar-refractivity contribution in [2.75, 3.05) is 28.6 Å². The van der Waals surface area contributed by atoms with E-state index in [1.807, 2.05) is 31.2 Å². The minimum atomic E-state index is -0.309.